The monoisotopic (exact) mass is 246 g/mol. The highest BCUT2D eigenvalue weighted by Gasteiger charge is 2.40. The molecule has 1 heterocycles. The number of aromatic nitrogens is 1. The average Bonchev–Trinajstić information content (AvgIpc) is 2.84. The van der Waals surface area contributed by atoms with Gasteiger partial charge in [-0.05, 0) is 37.5 Å². The minimum absolute atomic E-state index is 0.0948. The predicted molar refractivity (Wildman–Crippen MR) is 73.5 cm³/mol. The zero-order chi connectivity index (χ0) is 12.0. The molecule has 1 aliphatic rings. The van der Waals surface area contributed by atoms with Gasteiger partial charge >= 0.3 is 0 Å². The maximum atomic E-state index is 6.26. The lowest BCUT2D eigenvalue weighted by Crippen LogP contribution is -2.38. The van der Waals surface area contributed by atoms with Crippen LogP contribution in [0.15, 0.2) is 18.2 Å². The van der Waals surface area contributed by atoms with Crippen molar-refractivity contribution in [3.63, 3.8) is 0 Å². The number of aryl methyl sites for hydroxylation is 1. The van der Waals surface area contributed by atoms with E-state index in [2.05, 4.69) is 32.0 Å². The van der Waals surface area contributed by atoms with Crippen molar-refractivity contribution < 1.29 is 0 Å². The second-order valence-electron chi connectivity index (χ2n) is 5.41. The van der Waals surface area contributed by atoms with Crippen molar-refractivity contribution >= 4 is 21.6 Å². The number of nitrogens with two attached hydrogens (primary N) is 1. The molecule has 1 saturated carbocycles. The molecule has 90 valence electrons. The third-order valence-corrected chi connectivity index (χ3v) is 5.38. The maximum Gasteiger partial charge on any atom is 0.101 e. The van der Waals surface area contributed by atoms with Crippen molar-refractivity contribution in [2.75, 3.05) is 0 Å². The van der Waals surface area contributed by atoms with E-state index in [0.29, 0.717) is 0 Å². The second kappa shape index (κ2) is 3.79. The van der Waals surface area contributed by atoms with Crippen molar-refractivity contribution in [3.8, 4) is 0 Å². The minimum atomic E-state index is 0.0948. The van der Waals surface area contributed by atoms with Gasteiger partial charge in [0.2, 0.25) is 0 Å². The Morgan fingerprint density at radius 3 is 3.00 bits per heavy atom. The lowest BCUT2D eigenvalue weighted by molar-refractivity contribution is 0.428. The first kappa shape index (κ1) is 11.2. The smallest absolute Gasteiger partial charge is 0.101 e. The molecular weight excluding hydrogens is 228 g/mol. The normalized spacial score (nSPS) is 29.0. The Balaban J connectivity index is 2.12. The van der Waals surface area contributed by atoms with Gasteiger partial charge in [-0.1, -0.05) is 19.4 Å². The number of thiazole rings is 1. The molecule has 1 fully saturated rings. The lowest BCUT2D eigenvalue weighted by atomic mass is 9.86. The zero-order valence-electron chi connectivity index (χ0n) is 10.4. The predicted octanol–water partition coefficient (Wildman–Crippen LogP) is 3.37. The summed E-state index contributed by atoms with van der Waals surface area (Å²) in [6.45, 7) is 4.39. The highest BCUT2D eigenvalue weighted by molar-refractivity contribution is 7.18. The van der Waals surface area contributed by atoms with Crippen LogP contribution in [0, 0.1) is 6.92 Å². The topological polar surface area (TPSA) is 38.9 Å². The molecular formula is C14H18N2S. The molecule has 0 spiro atoms. The van der Waals surface area contributed by atoms with E-state index >= 15 is 0 Å². The van der Waals surface area contributed by atoms with E-state index in [1.54, 1.807) is 0 Å². The van der Waals surface area contributed by atoms with Gasteiger partial charge in [0.25, 0.3) is 0 Å². The van der Waals surface area contributed by atoms with Crippen LogP contribution in [0.25, 0.3) is 10.2 Å². The standard InChI is InChI=1S/C14H18N2S/c1-9-5-6-11-10(8-9)16-13(17-11)14(2)7-3-4-12(14)15/h5-6,8,12H,3-4,7,15H2,1-2H3. The Hall–Kier alpha value is -0.930. The van der Waals surface area contributed by atoms with Gasteiger partial charge in [-0.2, -0.15) is 0 Å². The number of benzene rings is 1. The summed E-state index contributed by atoms with van der Waals surface area (Å²) in [7, 11) is 0. The summed E-state index contributed by atoms with van der Waals surface area (Å²) >= 11 is 1.81. The molecule has 1 aromatic carbocycles. The molecule has 0 aliphatic heterocycles. The van der Waals surface area contributed by atoms with E-state index in [1.165, 1.54) is 28.1 Å². The summed E-state index contributed by atoms with van der Waals surface area (Å²) in [5.41, 5.74) is 8.76. The summed E-state index contributed by atoms with van der Waals surface area (Å²) in [4.78, 5) is 4.82. The molecule has 3 heteroatoms. The summed E-state index contributed by atoms with van der Waals surface area (Å²) in [6, 6.07) is 6.76. The Morgan fingerprint density at radius 2 is 2.29 bits per heavy atom. The molecule has 0 radical (unpaired) electrons. The zero-order valence-corrected chi connectivity index (χ0v) is 11.2. The van der Waals surface area contributed by atoms with Crippen molar-refractivity contribution in [2.24, 2.45) is 5.73 Å². The highest BCUT2D eigenvalue weighted by Crippen LogP contribution is 2.42. The molecule has 0 bridgehead atoms. The summed E-state index contributed by atoms with van der Waals surface area (Å²) in [5.74, 6) is 0. The van der Waals surface area contributed by atoms with E-state index in [4.69, 9.17) is 10.7 Å². The average molecular weight is 246 g/mol. The summed E-state index contributed by atoms with van der Waals surface area (Å²) in [5, 5.41) is 1.23. The summed E-state index contributed by atoms with van der Waals surface area (Å²) in [6.07, 6.45) is 3.53. The molecule has 2 atom stereocenters. The third-order valence-electron chi connectivity index (χ3n) is 4.06. The molecule has 0 amide bonds. The quantitative estimate of drug-likeness (QED) is 0.838. The Bertz CT molecular complexity index is 560. The first-order chi connectivity index (χ1) is 8.09. The van der Waals surface area contributed by atoms with Crippen LogP contribution in [0.4, 0.5) is 0 Å². The van der Waals surface area contributed by atoms with Crippen LogP contribution in [-0.4, -0.2) is 11.0 Å². The van der Waals surface area contributed by atoms with Gasteiger partial charge in [0, 0.05) is 11.5 Å². The van der Waals surface area contributed by atoms with E-state index in [0.717, 1.165) is 11.9 Å². The number of hydrogen-bond donors (Lipinski definition) is 1. The molecule has 2 nitrogen and oxygen atoms in total. The van der Waals surface area contributed by atoms with Crippen molar-refractivity contribution in [3.05, 3.63) is 28.8 Å². The van der Waals surface area contributed by atoms with Crippen LogP contribution in [-0.2, 0) is 5.41 Å². The fourth-order valence-corrected chi connectivity index (χ4v) is 3.92. The number of fused-ring (bicyclic) bond motifs is 1. The largest absolute Gasteiger partial charge is 0.327 e. The Kier molecular flexibility index (Phi) is 2.49. The SMILES string of the molecule is Cc1ccc2sc(C3(C)CCCC3N)nc2c1. The molecule has 2 unspecified atom stereocenters. The molecule has 1 aliphatic carbocycles. The first-order valence-electron chi connectivity index (χ1n) is 6.23. The fraction of sp³-hybridized carbons (Fsp3) is 0.500. The van der Waals surface area contributed by atoms with E-state index in [9.17, 15) is 0 Å². The molecule has 17 heavy (non-hydrogen) atoms. The Morgan fingerprint density at radius 1 is 1.47 bits per heavy atom. The lowest BCUT2D eigenvalue weighted by Gasteiger charge is -2.26. The third kappa shape index (κ3) is 1.69. The van der Waals surface area contributed by atoms with Crippen LogP contribution < -0.4 is 5.73 Å². The van der Waals surface area contributed by atoms with Crippen LogP contribution >= 0.6 is 11.3 Å². The van der Waals surface area contributed by atoms with E-state index in [-0.39, 0.29) is 11.5 Å². The van der Waals surface area contributed by atoms with Crippen LogP contribution in [0.1, 0.15) is 36.8 Å². The number of hydrogen-bond acceptors (Lipinski definition) is 3. The van der Waals surface area contributed by atoms with Crippen molar-refractivity contribution in [1.82, 2.24) is 4.98 Å². The van der Waals surface area contributed by atoms with Gasteiger partial charge in [-0.15, -0.1) is 11.3 Å². The van der Waals surface area contributed by atoms with Crippen molar-refractivity contribution in [2.45, 2.75) is 44.6 Å². The molecule has 2 N–H and O–H groups in total. The van der Waals surface area contributed by atoms with Gasteiger partial charge in [0.15, 0.2) is 0 Å². The fourth-order valence-electron chi connectivity index (χ4n) is 2.74. The highest BCUT2D eigenvalue weighted by atomic mass is 32.1. The molecule has 0 saturated heterocycles. The van der Waals surface area contributed by atoms with Gasteiger partial charge in [-0.3, -0.25) is 0 Å². The van der Waals surface area contributed by atoms with Gasteiger partial charge in [-0.25, -0.2) is 4.98 Å². The van der Waals surface area contributed by atoms with Gasteiger partial charge < -0.3 is 5.73 Å². The summed E-state index contributed by atoms with van der Waals surface area (Å²) < 4.78 is 1.28. The van der Waals surface area contributed by atoms with Crippen molar-refractivity contribution in [1.29, 1.82) is 0 Å². The minimum Gasteiger partial charge on any atom is -0.327 e. The van der Waals surface area contributed by atoms with E-state index < -0.39 is 0 Å². The first-order valence-corrected chi connectivity index (χ1v) is 7.04. The number of rotatable bonds is 1. The second-order valence-corrected chi connectivity index (χ2v) is 6.44. The van der Waals surface area contributed by atoms with Gasteiger partial charge in [0.1, 0.15) is 5.01 Å². The maximum absolute atomic E-state index is 6.26. The number of nitrogens with zero attached hydrogens (tertiary/aromatic N) is 1. The molecule has 3 rings (SSSR count). The Labute approximate surface area is 106 Å². The van der Waals surface area contributed by atoms with Crippen LogP contribution in [0.5, 0.6) is 0 Å². The molecule has 2 aromatic rings. The van der Waals surface area contributed by atoms with E-state index in [1.807, 2.05) is 11.3 Å². The van der Waals surface area contributed by atoms with Crippen LogP contribution in [0.3, 0.4) is 0 Å². The van der Waals surface area contributed by atoms with Gasteiger partial charge in [0.05, 0.1) is 10.2 Å². The van der Waals surface area contributed by atoms with Crippen LogP contribution in [0.2, 0.25) is 0 Å². The molecule has 1 aromatic heterocycles.